The number of rotatable bonds is 5. The first-order valence-electron chi connectivity index (χ1n) is 8.49. The van der Waals surface area contributed by atoms with E-state index >= 15 is 0 Å². The summed E-state index contributed by atoms with van der Waals surface area (Å²) in [6.45, 7) is 7.03. The minimum atomic E-state index is -4.38. The number of oxazole rings is 1. The summed E-state index contributed by atoms with van der Waals surface area (Å²) in [7, 11) is 0. The molecule has 2 heterocycles. The van der Waals surface area contributed by atoms with E-state index in [9.17, 15) is 13.2 Å². The van der Waals surface area contributed by atoms with Gasteiger partial charge in [0.05, 0.1) is 23.1 Å². The van der Waals surface area contributed by atoms with E-state index in [1.807, 2.05) is 20.8 Å². The van der Waals surface area contributed by atoms with Crippen LogP contribution in [0.5, 0.6) is 0 Å². The molecule has 0 saturated carbocycles. The average Bonchev–Trinajstić information content (AvgIpc) is 3.23. The summed E-state index contributed by atoms with van der Waals surface area (Å²) < 4.78 is 44.3. The Morgan fingerprint density at radius 3 is 2.63 bits per heavy atom. The second-order valence-corrected chi connectivity index (χ2v) is 7.33. The molecule has 2 aromatic heterocycles. The molecule has 0 saturated heterocycles. The van der Waals surface area contributed by atoms with E-state index in [1.165, 1.54) is 12.5 Å². The van der Waals surface area contributed by atoms with Gasteiger partial charge in [-0.05, 0) is 12.1 Å². The maximum absolute atomic E-state index is 12.9. The maximum atomic E-state index is 12.9. The standard InChI is InChI=1S/C19H21F3N4O/c1-18(2,3)17-15(24-11-27-17)10-23-8-13-9-25-26-16(13)12-5-4-6-14(7-12)19(20,21)22/h4-7,9,11,23H,8,10H2,1-3H3,(H,25,26). The molecule has 0 amide bonds. The molecule has 2 N–H and O–H groups in total. The number of nitrogens with one attached hydrogen (secondary N) is 2. The number of hydrogen-bond donors (Lipinski definition) is 2. The largest absolute Gasteiger partial charge is 0.448 e. The molecular formula is C19H21F3N4O. The van der Waals surface area contributed by atoms with E-state index in [1.54, 1.807) is 12.3 Å². The molecule has 3 aromatic rings. The molecule has 5 nitrogen and oxygen atoms in total. The average molecular weight is 378 g/mol. The Kier molecular flexibility index (Phi) is 5.10. The quantitative estimate of drug-likeness (QED) is 0.677. The predicted molar refractivity (Wildman–Crippen MR) is 94.8 cm³/mol. The lowest BCUT2D eigenvalue weighted by molar-refractivity contribution is -0.137. The summed E-state index contributed by atoms with van der Waals surface area (Å²) in [6.07, 6.45) is -1.36. The van der Waals surface area contributed by atoms with E-state index in [2.05, 4.69) is 20.5 Å². The van der Waals surface area contributed by atoms with Crippen LogP contribution in [0, 0.1) is 0 Å². The zero-order chi connectivity index (χ0) is 19.7. The minimum absolute atomic E-state index is 0.160. The maximum Gasteiger partial charge on any atom is 0.416 e. The van der Waals surface area contributed by atoms with Gasteiger partial charge in [-0.2, -0.15) is 18.3 Å². The molecule has 0 unspecified atom stereocenters. The highest BCUT2D eigenvalue weighted by atomic mass is 19.4. The number of H-pyrrole nitrogens is 1. The highest BCUT2D eigenvalue weighted by Gasteiger charge is 2.30. The first-order valence-corrected chi connectivity index (χ1v) is 8.49. The zero-order valence-electron chi connectivity index (χ0n) is 15.3. The lowest BCUT2D eigenvalue weighted by Crippen LogP contribution is -2.18. The molecule has 0 fully saturated rings. The summed E-state index contributed by atoms with van der Waals surface area (Å²) in [5, 5.41) is 10.0. The SMILES string of the molecule is CC(C)(C)c1ocnc1CNCc1cn[nH]c1-c1cccc(C(F)(F)F)c1. The Hall–Kier alpha value is -2.61. The number of alkyl halides is 3. The Bertz CT molecular complexity index is 906. The van der Waals surface area contributed by atoms with Crippen molar-refractivity contribution in [3.63, 3.8) is 0 Å². The van der Waals surface area contributed by atoms with Gasteiger partial charge in [0.2, 0.25) is 0 Å². The molecule has 0 aliphatic carbocycles. The Balaban J connectivity index is 1.73. The third kappa shape index (κ3) is 4.39. The molecule has 0 aliphatic heterocycles. The van der Waals surface area contributed by atoms with Crippen LogP contribution in [0.3, 0.4) is 0 Å². The lowest BCUT2D eigenvalue weighted by Gasteiger charge is -2.16. The molecule has 0 atom stereocenters. The highest BCUT2D eigenvalue weighted by Crippen LogP contribution is 2.32. The van der Waals surface area contributed by atoms with Gasteiger partial charge in [0.1, 0.15) is 5.76 Å². The Morgan fingerprint density at radius 1 is 1.15 bits per heavy atom. The number of hydrogen-bond acceptors (Lipinski definition) is 4. The van der Waals surface area contributed by atoms with Gasteiger partial charge >= 0.3 is 6.18 Å². The van der Waals surface area contributed by atoms with Crippen molar-refractivity contribution < 1.29 is 17.6 Å². The van der Waals surface area contributed by atoms with Gasteiger partial charge in [-0.15, -0.1) is 0 Å². The second-order valence-electron chi connectivity index (χ2n) is 7.33. The van der Waals surface area contributed by atoms with E-state index in [0.29, 0.717) is 24.3 Å². The van der Waals surface area contributed by atoms with Crippen molar-refractivity contribution >= 4 is 0 Å². The van der Waals surface area contributed by atoms with E-state index < -0.39 is 11.7 Å². The molecular weight excluding hydrogens is 357 g/mol. The van der Waals surface area contributed by atoms with Crippen molar-refractivity contribution in [1.82, 2.24) is 20.5 Å². The monoisotopic (exact) mass is 378 g/mol. The molecule has 3 rings (SSSR count). The zero-order valence-corrected chi connectivity index (χ0v) is 15.3. The van der Waals surface area contributed by atoms with Gasteiger partial charge in [-0.3, -0.25) is 5.10 Å². The van der Waals surface area contributed by atoms with Gasteiger partial charge in [0.15, 0.2) is 6.39 Å². The topological polar surface area (TPSA) is 66.7 Å². The van der Waals surface area contributed by atoms with Crippen molar-refractivity contribution in [3.05, 3.63) is 59.4 Å². The van der Waals surface area contributed by atoms with Crippen molar-refractivity contribution in [2.45, 2.75) is 45.5 Å². The van der Waals surface area contributed by atoms with Crippen molar-refractivity contribution in [1.29, 1.82) is 0 Å². The number of aromatic amines is 1. The lowest BCUT2D eigenvalue weighted by atomic mass is 9.92. The van der Waals surface area contributed by atoms with Gasteiger partial charge in [0, 0.05) is 29.6 Å². The summed E-state index contributed by atoms with van der Waals surface area (Å²) in [4.78, 5) is 4.24. The molecule has 144 valence electrons. The van der Waals surface area contributed by atoms with Crippen LogP contribution in [0.2, 0.25) is 0 Å². The van der Waals surface area contributed by atoms with Crippen LogP contribution < -0.4 is 5.32 Å². The van der Waals surface area contributed by atoms with Gasteiger partial charge < -0.3 is 9.73 Å². The normalized spacial score (nSPS) is 12.5. The summed E-state index contributed by atoms with van der Waals surface area (Å²) in [5.74, 6) is 0.806. The van der Waals surface area contributed by atoms with Crippen LogP contribution in [-0.4, -0.2) is 15.2 Å². The van der Waals surface area contributed by atoms with Crippen LogP contribution in [0.15, 0.2) is 41.3 Å². The minimum Gasteiger partial charge on any atom is -0.448 e. The van der Waals surface area contributed by atoms with Gasteiger partial charge in [0.25, 0.3) is 0 Å². The van der Waals surface area contributed by atoms with Crippen LogP contribution in [0.25, 0.3) is 11.3 Å². The third-order valence-electron chi connectivity index (χ3n) is 4.13. The smallest absolute Gasteiger partial charge is 0.416 e. The van der Waals surface area contributed by atoms with E-state index in [4.69, 9.17) is 4.42 Å². The fraction of sp³-hybridized carbons (Fsp3) is 0.368. The molecule has 0 bridgehead atoms. The predicted octanol–water partition coefficient (Wildman–Crippen LogP) is 4.67. The number of aromatic nitrogens is 3. The van der Waals surface area contributed by atoms with Crippen molar-refractivity contribution in [2.24, 2.45) is 0 Å². The number of nitrogens with zero attached hydrogens (tertiary/aromatic N) is 2. The molecule has 1 aromatic carbocycles. The van der Waals surface area contributed by atoms with Crippen LogP contribution in [-0.2, 0) is 24.7 Å². The third-order valence-corrected chi connectivity index (χ3v) is 4.13. The highest BCUT2D eigenvalue weighted by molar-refractivity contribution is 5.63. The van der Waals surface area contributed by atoms with Crippen molar-refractivity contribution in [2.75, 3.05) is 0 Å². The van der Waals surface area contributed by atoms with E-state index in [-0.39, 0.29) is 5.41 Å². The van der Waals surface area contributed by atoms with Crippen LogP contribution in [0.1, 0.15) is 43.4 Å². The molecule has 27 heavy (non-hydrogen) atoms. The first-order chi connectivity index (χ1) is 12.7. The van der Waals surface area contributed by atoms with E-state index in [0.717, 1.165) is 29.2 Å². The fourth-order valence-electron chi connectivity index (χ4n) is 2.87. The Morgan fingerprint density at radius 2 is 1.93 bits per heavy atom. The first kappa shape index (κ1) is 19.2. The summed E-state index contributed by atoms with van der Waals surface area (Å²) in [6, 6.07) is 5.19. The van der Waals surface area contributed by atoms with Gasteiger partial charge in [-0.25, -0.2) is 4.98 Å². The second kappa shape index (κ2) is 7.19. The Labute approximate surface area is 155 Å². The molecule has 0 spiro atoms. The fourth-order valence-corrected chi connectivity index (χ4v) is 2.87. The van der Waals surface area contributed by atoms with Crippen molar-refractivity contribution in [3.8, 4) is 11.3 Å². The molecule has 0 aliphatic rings. The number of benzene rings is 1. The molecule has 0 radical (unpaired) electrons. The van der Waals surface area contributed by atoms with Crippen LogP contribution >= 0.6 is 0 Å². The summed E-state index contributed by atoms with van der Waals surface area (Å²) >= 11 is 0. The number of halogens is 3. The van der Waals surface area contributed by atoms with Gasteiger partial charge in [-0.1, -0.05) is 32.9 Å². The van der Waals surface area contributed by atoms with Crippen LogP contribution in [0.4, 0.5) is 13.2 Å². The molecule has 8 heteroatoms. The summed E-state index contributed by atoms with van der Waals surface area (Å²) in [5.41, 5.74) is 1.74.